The van der Waals surface area contributed by atoms with Crippen LogP contribution in [0.25, 0.3) is 0 Å². The summed E-state index contributed by atoms with van der Waals surface area (Å²) in [6, 6.07) is 6.33. The minimum absolute atomic E-state index is 0.00498. The number of nitrogens with two attached hydrogens (primary N) is 1. The average Bonchev–Trinajstić information content (AvgIpc) is 2.64. The van der Waals surface area contributed by atoms with E-state index in [-0.39, 0.29) is 11.9 Å². The van der Waals surface area contributed by atoms with Gasteiger partial charge in [0.15, 0.2) is 5.82 Å². The molecule has 90 valence electrons. The molecule has 4 nitrogen and oxygen atoms in total. The molecule has 0 radical (unpaired) electrons. The third-order valence-corrected chi connectivity index (χ3v) is 2.26. The topological polar surface area (TPSA) is 64.9 Å². The predicted molar refractivity (Wildman–Crippen MR) is 60.9 cm³/mol. The maximum atomic E-state index is 13.0. The van der Waals surface area contributed by atoms with Gasteiger partial charge >= 0.3 is 0 Å². The largest absolute Gasteiger partial charge is 0.339 e. The van der Waals surface area contributed by atoms with E-state index in [0.717, 1.165) is 5.56 Å². The van der Waals surface area contributed by atoms with Crippen LogP contribution in [-0.2, 0) is 12.8 Å². The van der Waals surface area contributed by atoms with Gasteiger partial charge in [-0.15, -0.1) is 0 Å². The Balaban J connectivity index is 2.06. The highest BCUT2D eigenvalue weighted by atomic mass is 19.1. The van der Waals surface area contributed by atoms with Gasteiger partial charge in [-0.1, -0.05) is 17.3 Å². The normalized spacial score (nSPS) is 12.6. The van der Waals surface area contributed by atoms with E-state index < -0.39 is 0 Å². The summed E-state index contributed by atoms with van der Waals surface area (Å²) in [6.45, 7) is 1.88. The Bertz CT molecular complexity index is 496. The molecule has 0 spiro atoms. The molecule has 2 aromatic rings. The van der Waals surface area contributed by atoms with Gasteiger partial charge in [-0.05, 0) is 24.6 Å². The quantitative estimate of drug-likeness (QED) is 0.875. The van der Waals surface area contributed by atoms with E-state index in [9.17, 15) is 4.39 Å². The fraction of sp³-hybridized carbons (Fsp3) is 0.333. The Morgan fingerprint density at radius 1 is 1.47 bits per heavy atom. The van der Waals surface area contributed by atoms with Crippen LogP contribution >= 0.6 is 0 Å². The zero-order valence-corrected chi connectivity index (χ0v) is 9.56. The summed E-state index contributed by atoms with van der Waals surface area (Å²) in [5.74, 6) is 0.801. The summed E-state index contributed by atoms with van der Waals surface area (Å²) in [7, 11) is 0. The summed E-state index contributed by atoms with van der Waals surface area (Å²) in [6.07, 6.45) is 1.01. The van der Waals surface area contributed by atoms with E-state index in [0.29, 0.717) is 24.6 Å². The van der Waals surface area contributed by atoms with Gasteiger partial charge in [0.25, 0.3) is 0 Å². The molecular formula is C12H14FN3O. The second-order valence-corrected chi connectivity index (χ2v) is 4.09. The van der Waals surface area contributed by atoms with Gasteiger partial charge < -0.3 is 10.3 Å². The van der Waals surface area contributed by atoms with Gasteiger partial charge in [0, 0.05) is 12.5 Å². The molecule has 0 fully saturated rings. The first-order chi connectivity index (χ1) is 8.13. The Morgan fingerprint density at radius 3 is 3.00 bits per heavy atom. The van der Waals surface area contributed by atoms with Crippen LogP contribution in [0, 0.1) is 5.82 Å². The monoisotopic (exact) mass is 235 g/mol. The number of hydrogen-bond donors (Lipinski definition) is 1. The van der Waals surface area contributed by atoms with Crippen molar-refractivity contribution in [3.8, 4) is 0 Å². The zero-order valence-electron chi connectivity index (χ0n) is 9.56. The number of aromatic nitrogens is 2. The van der Waals surface area contributed by atoms with Crippen molar-refractivity contribution in [2.75, 3.05) is 0 Å². The molecule has 1 aromatic heterocycles. The molecule has 0 saturated carbocycles. The van der Waals surface area contributed by atoms with Crippen molar-refractivity contribution in [3.63, 3.8) is 0 Å². The molecule has 0 aliphatic carbocycles. The molecule has 0 aliphatic heterocycles. The van der Waals surface area contributed by atoms with Crippen LogP contribution in [0.2, 0.25) is 0 Å². The van der Waals surface area contributed by atoms with Gasteiger partial charge in [-0.3, -0.25) is 0 Å². The summed E-state index contributed by atoms with van der Waals surface area (Å²) >= 11 is 0. The van der Waals surface area contributed by atoms with Crippen LogP contribution in [0.15, 0.2) is 28.8 Å². The number of halogens is 1. The van der Waals surface area contributed by atoms with Crippen LogP contribution in [0.3, 0.4) is 0 Å². The van der Waals surface area contributed by atoms with Crippen LogP contribution < -0.4 is 5.73 Å². The first-order valence-electron chi connectivity index (χ1n) is 5.45. The predicted octanol–water partition coefficient (Wildman–Crippen LogP) is 1.69. The molecule has 2 rings (SSSR count). The molecule has 2 N–H and O–H groups in total. The zero-order chi connectivity index (χ0) is 12.3. The number of nitrogens with zero attached hydrogens (tertiary/aromatic N) is 2. The van der Waals surface area contributed by atoms with Crippen LogP contribution in [-0.4, -0.2) is 16.2 Å². The number of rotatable bonds is 4. The Kier molecular flexibility index (Phi) is 3.49. The molecule has 0 saturated heterocycles. The number of benzene rings is 1. The lowest BCUT2D eigenvalue weighted by Gasteiger charge is -1.97. The molecule has 1 aromatic carbocycles. The summed E-state index contributed by atoms with van der Waals surface area (Å²) in [4.78, 5) is 4.20. The lowest BCUT2D eigenvalue weighted by Crippen LogP contribution is -2.18. The molecule has 0 amide bonds. The molecule has 5 heteroatoms. The first kappa shape index (κ1) is 11.7. The van der Waals surface area contributed by atoms with E-state index >= 15 is 0 Å². The highest BCUT2D eigenvalue weighted by molar-refractivity contribution is 5.19. The van der Waals surface area contributed by atoms with E-state index in [4.69, 9.17) is 10.3 Å². The van der Waals surface area contributed by atoms with Crippen molar-refractivity contribution < 1.29 is 8.91 Å². The Morgan fingerprint density at radius 2 is 2.29 bits per heavy atom. The van der Waals surface area contributed by atoms with E-state index in [1.807, 2.05) is 13.0 Å². The highest BCUT2D eigenvalue weighted by Gasteiger charge is 2.09. The van der Waals surface area contributed by atoms with Crippen LogP contribution in [0.5, 0.6) is 0 Å². The second kappa shape index (κ2) is 5.05. The summed E-state index contributed by atoms with van der Waals surface area (Å²) in [5.41, 5.74) is 6.44. The van der Waals surface area contributed by atoms with Gasteiger partial charge in [0.2, 0.25) is 5.89 Å². The standard InChI is InChI=1S/C12H14FN3O/c1-8(14)5-11-15-12(17-16-11)7-9-3-2-4-10(13)6-9/h2-4,6,8H,5,7,14H2,1H3. The second-order valence-electron chi connectivity index (χ2n) is 4.09. The summed E-state index contributed by atoms with van der Waals surface area (Å²) in [5, 5.41) is 3.82. The Hall–Kier alpha value is -1.75. The van der Waals surface area contributed by atoms with E-state index in [1.165, 1.54) is 12.1 Å². The molecule has 1 heterocycles. The number of hydrogen-bond acceptors (Lipinski definition) is 4. The Labute approximate surface area is 98.6 Å². The van der Waals surface area contributed by atoms with Crippen molar-refractivity contribution in [1.82, 2.24) is 10.1 Å². The van der Waals surface area contributed by atoms with Gasteiger partial charge in [-0.2, -0.15) is 4.98 Å². The van der Waals surface area contributed by atoms with Crippen molar-refractivity contribution in [3.05, 3.63) is 47.4 Å². The van der Waals surface area contributed by atoms with Crippen molar-refractivity contribution >= 4 is 0 Å². The minimum atomic E-state index is -0.266. The third-order valence-electron chi connectivity index (χ3n) is 2.26. The molecule has 1 atom stereocenters. The van der Waals surface area contributed by atoms with Crippen LogP contribution in [0.1, 0.15) is 24.2 Å². The molecule has 0 aliphatic rings. The van der Waals surface area contributed by atoms with Gasteiger partial charge in [0.05, 0.1) is 6.42 Å². The van der Waals surface area contributed by atoms with E-state index in [1.54, 1.807) is 6.07 Å². The molecule has 1 unspecified atom stereocenters. The maximum Gasteiger partial charge on any atom is 0.231 e. The molecular weight excluding hydrogens is 221 g/mol. The minimum Gasteiger partial charge on any atom is -0.339 e. The SMILES string of the molecule is CC(N)Cc1noc(Cc2cccc(F)c2)n1. The molecule has 17 heavy (non-hydrogen) atoms. The van der Waals surface area contributed by atoms with Crippen molar-refractivity contribution in [1.29, 1.82) is 0 Å². The smallest absolute Gasteiger partial charge is 0.231 e. The summed E-state index contributed by atoms with van der Waals surface area (Å²) < 4.78 is 18.0. The maximum absolute atomic E-state index is 13.0. The molecule has 0 bridgehead atoms. The fourth-order valence-corrected chi connectivity index (χ4v) is 1.55. The van der Waals surface area contributed by atoms with Crippen molar-refractivity contribution in [2.24, 2.45) is 5.73 Å². The lowest BCUT2D eigenvalue weighted by molar-refractivity contribution is 0.378. The van der Waals surface area contributed by atoms with Gasteiger partial charge in [-0.25, -0.2) is 4.39 Å². The van der Waals surface area contributed by atoms with Gasteiger partial charge in [0.1, 0.15) is 5.82 Å². The van der Waals surface area contributed by atoms with E-state index in [2.05, 4.69) is 10.1 Å². The first-order valence-corrected chi connectivity index (χ1v) is 5.45. The highest BCUT2D eigenvalue weighted by Crippen LogP contribution is 2.09. The lowest BCUT2D eigenvalue weighted by atomic mass is 10.1. The third kappa shape index (κ3) is 3.35. The fourth-order valence-electron chi connectivity index (χ4n) is 1.55. The van der Waals surface area contributed by atoms with Crippen molar-refractivity contribution in [2.45, 2.75) is 25.8 Å². The average molecular weight is 235 g/mol. The van der Waals surface area contributed by atoms with Crippen LogP contribution in [0.4, 0.5) is 4.39 Å².